The summed E-state index contributed by atoms with van der Waals surface area (Å²) in [7, 11) is 1.62. The number of alkyl halides is 3. The van der Waals surface area contributed by atoms with Crippen LogP contribution in [0.2, 0.25) is 0 Å². The summed E-state index contributed by atoms with van der Waals surface area (Å²) in [6.07, 6.45) is -4.45. The number of rotatable bonds is 2. The first kappa shape index (κ1) is 18.6. The van der Waals surface area contributed by atoms with Crippen molar-refractivity contribution in [2.24, 2.45) is 0 Å². The Morgan fingerprint density at radius 1 is 1.12 bits per heavy atom. The Labute approximate surface area is 147 Å². The molecule has 0 saturated heterocycles. The molecule has 0 unspecified atom stereocenters. The van der Waals surface area contributed by atoms with E-state index in [0.717, 1.165) is 17.0 Å². The molecule has 0 bridgehead atoms. The minimum atomic E-state index is -4.45. The Balaban J connectivity index is 0.00000208. The lowest BCUT2D eigenvalue weighted by Crippen LogP contribution is -2.35. The van der Waals surface area contributed by atoms with Gasteiger partial charge in [0.1, 0.15) is 0 Å². The van der Waals surface area contributed by atoms with E-state index in [-0.39, 0.29) is 30.5 Å². The monoisotopic (exact) mass is 374 g/mol. The normalized spacial score (nSPS) is 12.9. The zero-order chi connectivity index (χ0) is 16.6. The zero-order valence-corrected chi connectivity index (χ0v) is 14.2. The summed E-state index contributed by atoms with van der Waals surface area (Å²) in [5.41, 5.74) is 0.104. The summed E-state index contributed by atoms with van der Waals surface area (Å²) in [4.78, 5) is 15.3. The van der Waals surface area contributed by atoms with Gasteiger partial charge in [-0.15, -0.1) is 12.4 Å². The van der Waals surface area contributed by atoms with Crippen molar-refractivity contribution in [1.29, 1.82) is 0 Å². The van der Waals surface area contributed by atoms with Crippen LogP contribution >= 0.6 is 24.2 Å². The molecule has 1 heterocycles. The smallest absolute Gasteiger partial charge is 0.311 e. The van der Waals surface area contributed by atoms with Crippen molar-refractivity contribution < 1.29 is 18.0 Å². The van der Waals surface area contributed by atoms with Crippen molar-refractivity contribution in [2.75, 3.05) is 18.5 Å². The van der Waals surface area contributed by atoms with Crippen molar-refractivity contribution in [2.45, 2.75) is 16.0 Å². The molecule has 3 nitrogen and oxygen atoms in total. The lowest BCUT2D eigenvalue weighted by molar-refractivity contribution is -0.137. The van der Waals surface area contributed by atoms with Crippen LogP contribution in [0.1, 0.15) is 5.56 Å². The average Bonchev–Trinajstić information content (AvgIpc) is 2.51. The third-order valence-corrected chi connectivity index (χ3v) is 4.56. The number of nitrogens with zero attached hydrogens (tertiary/aromatic N) is 1. The third kappa shape index (κ3) is 3.38. The molecule has 2 aromatic carbocycles. The van der Waals surface area contributed by atoms with E-state index in [4.69, 9.17) is 0 Å². The summed E-state index contributed by atoms with van der Waals surface area (Å²) < 4.78 is 39.0. The van der Waals surface area contributed by atoms with Crippen molar-refractivity contribution in [1.82, 2.24) is 5.32 Å². The fourth-order valence-corrected chi connectivity index (χ4v) is 3.47. The fourth-order valence-electron chi connectivity index (χ4n) is 2.43. The number of likely N-dealkylation sites (N-methyl/N-ethyl adjacent to an activating group) is 1. The highest BCUT2D eigenvalue weighted by molar-refractivity contribution is 7.99. The molecular weight excluding hydrogens is 361 g/mol. The van der Waals surface area contributed by atoms with Crippen LogP contribution in [0, 0.1) is 0 Å². The van der Waals surface area contributed by atoms with Crippen LogP contribution in [-0.4, -0.2) is 19.5 Å². The molecule has 0 atom stereocenters. The van der Waals surface area contributed by atoms with Crippen molar-refractivity contribution in [3.05, 3.63) is 48.0 Å². The largest absolute Gasteiger partial charge is 0.416 e. The second kappa shape index (κ2) is 7.04. The van der Waals surface area contributed by atoms with Crippen LogP contribution in [0.3, 0.4) is 0 Å². The van der Waals surface area contributed by atoms with E-state index in [2.05, 4.69) is 5.32 Å². The first-order valence-corrected chi connectivity index (χ1v) is 7.69. The number of carbonyl (C=O) groups excluding carboxylic acids is 1. The first-order chi connectivity index (χ1) is 10.9. The Morgan fingerprint density at radius 3 is 2.46 bits per heavy atom. The van der Waals surface area contributed by atoms with Crippen LogP contribution in [0.15, 0.2) is 52.3 Å². The predicted octanol–water partition coefficient (Wildman–Crippen LogP) is 4.48. The molecule has 1 N–H and O–H groups in total. The van der Waals surface area contributed by atoms with Gasteiger partial charge >= 0.3 is 6.18 Å². The zero-order valence-electron chi connectivity index (χ0n) is 12.6. The summed E-state index contributed by atoms with van der Waals surface area (Å²) >= 11 is 1.36. The van der Waals surface area contributed by atoms with Gasteiger partial charge in [-0.1, -0.05) is 23.9 Å². The van der Waals surface area contributed by atoms with Gasteiger partial charge in [-0.3, -0.25) is 9.69 Å². The maximum absolute atomic E-state index is 13.0. The van der Waals surface area contributed by atoms with Gasteiger partial charge in [0.15, 0.2) is 0 Å². The van der Waals surface area contributed by atoms with E-state index in [1.54, 1.807) is 19.2 Å². The molecule has 0 aromatic heterocycles. The van der Waals surface area contributed by atoms with Crippen LogP contribution in [0.25, 0.3) is 0 Å². The van der Waals surface area contributed by atoms with Crippen LogP contribution in [0.5, 0.6) is 0 Å². The molecule has 128 valence electrons. The highest BCUT2D eigenvalue weighted by atomic mass is 35.5. The van der Waals surface area contributed by atoms with Gasteiger partial charge in [0, 0.05) is 9.79 Å². The quantitative estimate of drug-likeness (QED) is 0.841. The number of hydrogen-bond donors (Lipinski definition) is 1. The van der Waals surface area contributed by atoms with Gasteiger partial charge in [-0.05, 0) is 37.4 Å². The summed E-state index contributed by atoms with van der Waals surface area (Å²) in [6.45, 7) is 0.0364. The Hall–Kier alpha value is -1.70. The minimum absolute atomic E-state index is 0. The molecule has 1 amide bonds. The Morgan fingerprint density at radius 2 is 1.79 bits per heavy atom. The summed E-state index contributed by atoms with van der Waals surface area (Å²) in [5, 5.41) is 2.75. The van der Waals surface area contributed by atoms with Gasteiger partial charge in [0.25, 0.3) is 0 Å². The number of carbonyl (C=O) groups is 1. The third-order valence-electron chi connectivity index (χ3n) is 3.43. The van der Waals surface area contributed by atoms with E-state index in [1.807, 2.05) is 12.1 Å². The number of benzene rings is 2. The number of halogens is 4. The molecule has 0 fully saturated rings. The maximum Gasteiger partial charge on any atom is 0.416 e. The van der Waals surface area contributed by atoms with Gasteiger partial charge in [0.2, 0.25) is 5.91 Å². The van der Waals surface area contributed by atoms with Gasteiger partial charge in [0.05, 0.1) is 23.5 Å². The molecule has 8 heteroatoms. The first-order valence-electron chi connectivity index (χ1n) is 6.87. The van der Waals surface area contributed by atoms with E-state index < -0.39 is 11.7 Å². The standard InChI is InChI=1S/C16H13F3N2OS.ClH/c1-20-9-15(22)21-11-4-2-3-5-13(11)23-14-7-6-10(8-12(14)21)16(17,18)19;/h2-8,20H,9H2,1H3;1H. The SMILES string of the molecule is CNCC(=O)N1c2ccccc2Sc2ccc(C(F)(F)F)cc21.Cl. The van der Waals surface area contributed by atoms with Crippen molar-refractivity contribution in [3.63, 3.8) is 0 Å². The molecule has 2 aromatic rings. The summed E-state index contributed by atoms with van der Waals surface area (Å²) in [6, 6.07) is 10.7. The molecule has 0 radical (unpaired) electrons. The summed E-state index contributed by atoms with van der Waals surface area (Å²) in [5.74, 6) is -0.305. The lowest BCUT2D eigenvalue weighted by Gasteiger charge is -2.31. The van der Waals surface area contributed by atoms with Crippen LogP contribution < -0.4 is 10.2 Å². The molecule has 0 aliphatic carbocycles. The molecule has 0 saturated carbocycles. The average molecular weight is 375 g/mol. The topological polar surface area (TPSA) is 32.3 Å². The molecule has 3 rings (SSSR count). The second-order valence-corrected chi connectivity index (χ2v) is 6.09. The lowest BCUT2D eigenvalue weighted by atomic mass is 10.1. The molecule has 1 aliphatic heterocycles. The van der Waals surface area contributed by atoms with Gasteiger partial charge in [-0.25, -0.2) is 0 Å². The van der Waals surface area contributed by atoms with E-state index >= 15 is 0 Å². The molecule has 24 heavy (non-hydrogen) atoms. The molecular formula is C16H14ClF3N2OS. The van der Waals surface area contributed by atoms with Crippen molar-refractivity contribution in [3.8, 4) is 0 Å². The maximum atomic E-state index is 13.0. The van der Waals surface area contributed by atoms with Crippen LogP contribution in [0.4, 0.5) is 24.5 Å². The second-order valence-electron chi connectivity index (χ2n) is 5.01. The van der Waals surface area contributed by atoms with Gasteiger partial charge in [-0.2, -0.15) is 13.2 Å². The van der Waals surface area contributed by atoms with E-state index in [1.165, 1.54) is 22.7 Å². The number of para-hydroxylation sites is 1. The number of anilines is 2. The highest BCUT2D eigenvalue weighted by Gasteiger charge is 2.34. The van der Waals surface area contributed by atoms with Crippen LogP contribution in [-0.2, 0) is 11.0 Å². The van der Waals surface area contributed by atoms with E-state index in [9.17, 15) is 18.0 Å². The number of nitrogens with one attached hydrogen (secondary N) is 1. The highest BCUT2D eigenvalue weighted by Crippen LogP contribution is 2.49. The number of hydrogen-bond acceptors (Lipinski definition) is 3. The molecule has 0 spiro atoms. The van der Waals surface area contributed by atoms with Gasteiger partial charge < -0.3 is 5.32 Å². The van der Waals surface area contributed by atoms with E-state index in [0.29, 0.717) is 10.6 Å². The minimum Gasteiger partial charge on any atom is -0.311 e. The number of amides is 1. The number of fused-ring (bicyclic) bond motifs is 2. The Bertz CT molecular complexity index is 767. The fraction of sp³-hybridized carbons (Fsp3) is 0.188. The Kier molecular flexibility index (Phi) is 5.47. The molecule has 1 aliphatic rings. The predicted molar refractivity (Wildman–Crippen MR) is 90.3 cm³/mol. The van der Waals surface area contributed by atoms with Crippen molar-refractivity contribution >= 4 is 41.5 Å².